The van der Waals surface area contributed by atoms with Crippen molar-refractivity contribution in [3.63, 3.8) is 0 Å². The molecule has 0 atom stereocenters. The van der Waals surface area contributed by atoms with E-state index in [9.17, 15) is 19.5 Å². The molecule has 9 aliphatic carbocycles. The zero-order valence-corrected chi connectivity index (χ0v) is 50.9. The summed E-state index contributed by atoms with van der Waals surface area (Å²) in [6.45, 7) is 12.9. The number of carbonyl (C=O) groups is 3. The number of rotatable bonds is 48. The molecule has 11 heteroatoms. The zero-order valence-electron chi connectivity index (χ0n) is 50.9. The summed E-state index contributed by atoms with van der Waals surface area (Å²) < 4.78 is 28.6. The maximum absolute atomic E-state index is 12.6. The molecule has 9 fully saturated rings. The summed E-state index contributed by atoms with van der Waals surface area (Å²) in [5.41, 5.74) is 1.50. The molecule has 0 aliphatic heterocycles. The lowest BCUT2D eigenvalue weighted by atomic mass is 9.59. The summed E-state index contributed by atoms with van der Waals surface area (Å²) in [6.07, 6.45) is 52.6. The van der Waals surface area contributed by atoms with Crippen molar-refractivity contribution in [2.75, 3.05) is 78.9 Å². The van der Waals surface area contributed by atoms with Crippen molar-refractivity contribution in [1.82, 2.24) is 9.80 Å². The fourth-order valence-electron chi connectivity index (χ4n) is 15.4. The van der Waals surface area contributed by atoms with Gasteiger partial charge in [0.25, 0.3) is 0 Å². The average molecular weight is 1110 g/mol. The van der Waals surface area contributed by atoms with Crippen molar-refractivity contribution < 1.29 is 43.2 Å². The van der Waals surface area contributed by atoms with Gasteiger partial charge in [-0.3, -0.25) is 9.59 Å². The Morgan fingerprint density at radius 1 is 0.354 bits per heavy atom. The number of hydrogen-bond donors (Lipinski definition) is 1. The molecule has 9 rings (SSSR count). The van der Waals surface area contributed by atoms with Gasteiger partial charge in [-0.05, 0) is 246 Å². The average Bonchev–Trinajstić information content (AvgIpc) is 3.53. The van der Waals surface area contributed by atoms with Crippen LogP contribution >= 0.6 is 0 Å². The van der Waals surface area contributed by atoms with Crippen molar-refractivity contribution in [3.05, 3.63) is 12.3 Å². The summed E-state index contributed by atoms with van der Waals surface area (Å²) in [4.78, 5) is 42.4. The molecule has 0 aromatic rings. The first-order chi connectivity index (χ1) is 38.6. The van der Waals surface area contributed by atoms with Crippen molar-refractivity contribution in [3.8, 4) is 0 Å². The molecule has 0 spiro atoms. The van der Waals surface area contributed by atoms with E-state index in [1.54, 1.807) is 0 Å². The van der Waals surface area contributed by atoms with Crippen LogP contribution in [0.3, 0.4) is 0 Å². The van der Waals surface area contributed by atoms with Gasteiger partial charge in [-0.2, -0.15) is 0 Å². The Labute approximate surface area is 483 Å². The minimum absolute atomic E-state index is 0.00432. The van der Waals surface area contributed by atoms with Gasteiger partial charge >= 0.3 is 18.1 Å². The second kappa shape index (κ2) is 38.5. The number of nitrogens with zero attached hydrogens (tertiary/aromatic N) is 2. The van der Waals surface area contributed by atoms with E-state index < -0.39 is 6.16 Å². The van der Waals surface area contributed by atoms with Crippen LogP contribution in [0.2, 0.25) is 0 Å². The lowest BCUT2D eigenvalue weighted by Crippen LogP contribution is -2.35. The van der Waals surface area contributed by atoms with Crippen molar-refractivity contribution in [1.29, 1.82) is 0 Å². The topological polar surface area (TPSA) is 124 Å². The minimum Gasteiger partial charge on any atom is -0.499 e. The normalized spacial score (nSPS) is 25.0. The number of hydrogen-bond acceptors (Lipinski definition) is 11. The molecule has 6 bridgehead atoms. The van der Waals surface area contributed by atoms with E-state index in [1.165, 1.54) is 173 Å². The molecule has 0 aromatic carbocycles. The summed E-state index contributed by atoms with van der Waals surface area (Å²) in [5.74, 6) is 3.91. The van der Waals surface area contributed by atoms with Crippen molar-refractivity contribution >= 4 is 18.1 Å². The van der Waals surface area contributed by atoms with Crippen LogP contribution in [0.4, 0.5) is 4.79 Å². The Morgan fingerprint density at radius 3 is 1.00 bits per heavy atom. The number of unbranched alkanes of at least 4 members (excludes halogenated alkanes) is 15. The van der Waals surface area contributed by atoms with E-state index in [1.807, 2.05) is 0 Å². The van der Waals surface area contributed by atoms with E-state index in [0.29, 0.717) is 55.5 Å². The highest BCUT2D eigenvalue weighted by Gasteiger charge is 2.42. The summed E-state index contributed by atoms with van der Waals surface area (Å²) in [6, 6.07) is 0. The fourth-order valence-corrected chi connectivity index (χ4v) is 15.4. The van der Waals surface area contributed by atoms with E-state index in [4.69, 9.17) is 23.7 Å². The molecular formula is C68H120N2O9. The maximum atomic E-state index is 12.6. The molecule has 0 amide bonds. The summed E-state index contributed by atoms with van der Waals surface area (Å²) >= 11 is 0. The molecule has 9 aliphatic rings. The largest absolute Gasteiger partial charge is 0.508 e. The fraction of sp³-hybridized carbons (Fsp3) is 0.926. The monoisotopic (exact) mass is 1110 g/mol. The van der Waals surface area contributed by atoms with Gasteiger partial charge in [0.05, 0.1) is 38.8 Å². The number of esters is 2. The molecule has 1 N–H and O–H groups in total. The van der Waals surface area contributed by atoms with Crippen LogP contribution in [0, 0.1) is 34.0 Å². The summed E-state index contributed by atoms with van der Waals surface area (Å²) in [5, 5.41) is 9.51. The maximum Gasteiger partial charge on any atom is 0.508 e. The molecule has 0 unspecified atom stereocenters. The van der Waals surface area contributed by atoms with Gasteiger partial charge in [0.2, 0.25) is 0 Å². The van der Waals surface area contributed by atoms with Crippen LogP contribution in [0.25, 0.3) is 0 Å². The predicted octanol–water partition coefficient (Wildman–Crippen LogP) is 16.8. The molecule has 79 heavy (non-hydrogen) atoms. The standard InChI is InChI=1S/C68H120N2O9/c1-59(75-56-44-66-35-26-60(27-36-66)28-37-66)23-14-8-2-5-11-17-47-69(48-18-12-6-3-9-15-24-63(72)76-57-45-67-38-29-61(30-39-67)31-40-67)51-21-54-78-65(74)79-55-22-52-70(50-20-53-71)49-19-13-7-4-10-16-25-64(73)77-58-46-68-41-32-62(33-42-68)34-43-68/h60-62,71H,1-58H2. The van der Waals surface area contributed by atoms with Gasteiger partial charge in [-0.1, -0.05) is 83.6 Å². The number of ether oxygens (including phenoxy) is 5. The van der Waals surface area contributed by atoms with Crippen LogP contribution in [0.1, 0.15) is 289 Å². The van der Waals surface area contributed by atoms with E-state index in [0.717, 1.165) is 172 Å². The molecule has 0 heterocycles. The quantitative estimate of drug-likeness (QED) is 0.0271. The third kappa shape index (κ3) is 26.8. The number of aliphatic hydroxyl groups is 1. The molecule has 456 valence electrons. The van der Waals surface area contributed by atoms with Gasteiger partial charge in [0.1, 0.15) is 0 Å². The smallest absolute Gasteiger partial charge is 0.499 e. The lowest BCUT2D eigenvalue weighted by Gasteiger charge is -2.46. The Balaban J connectivity index is 0.759. The molecule has 11 nitrogen and oxygen atoms in total. The molecule has 0 saturated heterocycles. The second-order valence-electron chi connectivity index (χ2n) is 27.1. The first kappa shape index (κ1) is 65.8. The Bertz CT molecular complexity index is 1540. The first-order valence-electron chi connectivity index (χ1n) is 34.1. The van der Waals surface area contributed by atoms with Crippen molar-refractivity contribution in [2.24, 2.45) is 34.0 Å². The Morgan fingerprint density at radius 2 is 0.646 bits per heavy atom. The van der Waals surface area contributed by atoms with Crippen LogP contribution < -0.4 is 0 Å². The SMILES string of the molecule is C=C(CCCCCCCCN(CCCCCCCCC(=O)OCCC12CCC(CC1)CC2)CCCOC(=O)OCCCN(CCCO)CCCCCCCCC(=O)OCCC12CCC(CC1)CC2)OCCC12CCC(CC1)CC2. The van der Waals surface area contributed by atoms with Crippen molar-refractivity contribution in [2.45, 2.75) is 289 Å². The number of carbonyl (C=O) groups excluding carboxylic acids is 3. The van der Waals surface area contributed by atoms with Gasteiger partial charge in [0.15, 0.2) is 0 Å². The summed E-state index contributed by atoms with van der Waals surface area (Å²) in [7, 11) is 0. The van der Waals surface area contributed by atoms with Gasteiger partial charge in [-0.25, -0.2) is 4.79 Å². The molecule has 0 aromatic heterocycles. The molecule has 0 radical (unpaired) electrons. The predicted molar refractivity (Wildman–Crippen MR) is 320 cm³/mol. The number of fused-ring (bicyclic) bond motifs is 9. The molecule has 9 saturated carbocycles. The second-order valence-corrected chi connectivity index (χ2v) is 27.1. The van der Waals surface area contributed by atoms with Gasteiger partial charge < -0.3 is 38.6 Å². The first-order valence-corrected chi connectivity index (χ1v) is 34.1. The Hall–Kier alpha value is -2.37. The number of allylic oxidation sites excluding steroid dienone is 1. The van der Waals surface area contributed by atoms with Crippen LogP contribution in [0.15, 0.2) is 12.3 Å². The third-order valence-corrected chi connectivity index (χ3v) is 21.2. The highest BCUT2D eigenvalue weighted by atomic mass is 16.7. The third-order valence-electron chi connectivity index (χ3n) is 21.2. The minimum atomic E-state index is -0.576. The highest BCUT2D eigenvalue weighted by molar-refractivity contribution is 5.69. The lowest BCUT2D eigenvalue weighted by molar-refractivity contribution is -0.146. The van der Waals surface area contributed by atoms with Crippen LogP contribution in [-0.4, -0.2) is 112 Å². The Kier molecular flexibility index (Phi) is 32.0. The van der Waals surface area contributed by atoms with E-state index >= 15 is 0 Å². The molecular weight excluding hydrogens is 989 g/mol. The number of aliphatic hydroxyl groups excluding tert-OH is 1. The van der Waals surface area contributed by atoms with Gasteiger partial charge in [-0.15, -0.1) is 0 Å². The zero-order chi connectivity index (χ0) is 55.5. The highest BCUT2D eigenvalue weighted by Crippen LogP contribution is 2.54. The van der Waals surface area contributed by atoms with E-state index in [2.05, 4.69) is 16.4 Å². The van der Waals surface area contributed by atoms with E-state index in [-0.39, 0.29) is 18.5 Å². The van der Waals surface area contributed by atoms with Gasteiger partial charge in [0, 0.05) is 45.5 Å². The van der Waals surface area contributed by atoms with Crippen LogP contribution in [-0.2, 0) is 33.3 Å². The van der Waals surface area contributed by atoms with Crippen LogP contribution in [0.5, 0.6) is 0 Å².